The van der Waals surface area contributed by atoms with E-state index in [1.807, 2.05) is 35.4 Å². The molecule has 0 atom stereocenters. The first-order valence-electron chi connectivity index (χ1n) is 10.0. The van der Waals surface area contributed by atoms with Crippen molar-refractivity contribution in [3.63, 3.8) is 0 Å². The summed E-state index contributed by atoms with van der Waals surface area (Å²) in [6.45, 7) is 3.23. The van der Waals surface area contributed by atoms with E-state index < -0.39 is 0 Å². The lowest BCUT2D eigenvalue weighted by atomic mass is 9.93. The van der Waals surface area contributed by atoms with Gasteiger partial charge in [0.25, 0.3) is 0 Å². The van der Waals surface area contributed by atoms with E-state index in [-0.39, 0.29) is 11.7 Å². The zero-order chi connectivity index (χ0) is 20.9. The van der Waals surface area contributed by atoms with E-state index in [9.17, 15) is 4.79 Å². The van der Waals surface area contributed by atoms with Crippen LogP contribution in [-0.2, 0) is 4.79 Å². The molecule has 2 aliphatic heterocycles. The molecular weight excluding hydrogens is 378 g/mol. The fourth-order valence-corrected chi connectivity index (χ4v) is 3.69. The molecular formula is C22H25N7O. The number of hydrogen-bond acceptors (Lipinski definition) is 6. The van der Waals surface area contributed by atoms with Crippen LogP contribution >= 0.6 is 0 Å². The number of rotatable bonds is 4. The summed E-state index contributed by atoms with van der Waals surface area (Å²) < 4.78 is 0. The number of nitrogens with zero attached hydrogens (tertiary/aromatic N) is 3. The third-order valence-corrected chi connectivity index (χ3v) is 5.32. The van der Waals surface area contributed by atoms with Gasteiger partial charge in [0.15, 0.2) is 0 Å². The molecule has 1 aliphatic carbocycles. The molecule has 0 saturated carbocycles. The summed E-state index contributed by atoms with van der Waals surface area (Å²) in [4.78, 5) is 23.3. The number of amidine groups is 1. The maximum absolute atomic E-state index is 12.7. The smallest absolute Gasteiger partial charge is 0.249 e. The van der Waals surface area contributed by atoms with Crippen LogP contribution in [0.1, 0.15) is 18.5 Å². The molecule has 1 aromatic rings. The van der Waals surface area contributed by atoms with E-state index >= 15 is 0 Å². The predicted molar refractivity (Wildman–Crippen MR) is 118 cm³/mol. The van der Waals surface area contributed by atoms with Gasteiger partial charge in [0, 0.05) is 55.9 Å². The van der Waals surface area contributed by atoms with Crippen molar-refractivity contribution in [1.82, 2.24) is 20.5 Å². The number of hydrogen-bond donors (Lipinski definition) is 4. The number of nitrogens with two attached hydrogens (primary N) is 1. The van der Waals surface area contributed by atoms with Gasteiger partial charge < -0.3 is 21.3 Å². The van der Waals surface area contributed by atoms with Crippen LogP contribution < -0.4 is 16.4 Å². The van der Waals surface area contributed by atoms with Crippen molar-refractivity contribution in [2.75, 3.05) is 26.2 Å². The number of pyridine rings is 1. The van der Waals surface area contributed by atoms with Crippen molar-refractivity contribution in [1.29, 1.82) is 5.41 Å². The molecule has 0 aromatic carbocycles. The highest BCUT2D eigenvalue weighted by molar-refractivity contribution is 6.20. The number of piperazine rings is 1. The minimum Gasteiger partial charge on any atom is -0.384 e. The monoisotopic (exact) mass is 403 g/mol. The number of carbonyl (C=O) groups excluding carboxylic acids is 1. The number of aliphatic imine (C=N–C) groups is 1. The SMILES string of the molecule is N=C(N)/C(=C1/N=CC(C2=CC=C(C(=O)N3CCNCC3)CC2)=CN1)c1ccccn1. The summed E-state index contributed by atoms with van der Waals surface area (Å²) in [5, 5.41) is 14.3. The van der Waals surface area contributed by atoms with Gasteiger partial charge in [-0.05, 0) is 30.5 Å². The van der Waals surface area contributed by atoms with Gasteiger partial charge in [0.05, 0.1) is 11.3 Å². The van der Waals surface area contributed by atoms with Gasteiger partial charge in [-0.3, -0.25) is 15.2 Å². The van der Waals surface area contributed by atoms with Crippen LogP contribution in [0.25, 0.3) is 5.57 Å². The second-order valence-electron chi connectivity index (χ2n) is 7.28. The van der Waals surface area contributed by atoms with Gasteiger partial charge in [0.1, 0.15) is 11.7 Å². The van der Waals surface area contributed by atoms with Gasteiger partial charge in [-0.25, -0.2) is 4.99 Å². The Morgan fingerprint density at radius 1 is 1.17 bits per heavy atom. The molecule has 1 saturated heterocycles. The van der Waals surface area contributed by atoms with E-state index in [0.717, 1.165) is 55.7 Å². The topological polar surface area (TPSA) is 119 Å². The molecule has 4 rings (SSSR count). The number of nitrogens with one attached hydrogen (secondary N) is 3. The van der Waals surface area contributed by atoms with Crippen molar-refractivity contribution in [2.45, 2.75) is 12.8 Å². The average Bonchev–Trinajstić information content (AvgIpc) is 2.80. The Morgan fingerprint density at radius 3 is 2.60 bits per heavy atom. The second kappa shape index (κ2) is 8.87. The van der Waals surface area contributed by atoms with Gasteiger partial charge in [-0.2, -0.15) is 0 Å². The Bertz CT molecular complexity index is 996. The zero-order valence-corrected chi connectivity index (χ0v) is 16.7. The lowest BCUT2D eigenvalue weighted by Gasteiger charge is -2.29. The molecule has 3 heterocycles. The second-order valence-corrected chi connectivity index (χ2v) is 7.28. The predicted octanol–water partition coefficient (Wildman–Crippen LogP) is 1.32. The first-order chi connectivity index (χ1) is 14.6. The number of amides is 1. The standard InChI is InChI=1S/C22H25N7O/c23-20(24)19(18-3-1-2-8-26-18)21-27-13-17(14-28-21)15-4-6-16(7-5-15)22(30)29-11-9-25-10-12-29/h1-4,6,8,13-14,25,27H,5,7,9-12H2,(H3,23,24)/b21-19+. The lowest BCUT2D eigenvalue weighted by molar-refractivity contribution is -0.127. The Hall–Kier alpha value is -3.52. The van der Waals surface area contributed by atoms with Crippen molar-refractivity contribution in [3.05, 3.63) is 71.0 Å². The van der Waals surface area contributed by atoms with E-state index in [1.165, 1.54) is 0 Å². The zero-order valence-electron chi connectivity index (χ0n) is 16.7. The molecule has 0 bridgehead atoms. The molecule has 1 fully saturated rings. The number of aromatic nitrogens is 1. The maximum atomic E-state index is 12.7. The Labute approximate surface area is 175 Å². The van der Waals surface area contributed by atoms with Gasteiger partial charge in [-0.15, -0.1) is 0 Å². The third kappa shape index (κ3) is 4.23. The molecule has 8 nitrogen and oxygen atoms in total. The fraction of sp³-hybridized carbons (Fsp3) is 0.273. The molecule has 0 spiro atoms. The molecule has 0 radical (unpaired) electrons. The maximum Gasteiger partial charge on any atom is 0.249 e. The van der Waals surface area contributed by atoms with E-state index in [0.29, 0.717) is 17.1 Å². The van der Waals surface area contributed by atoms with Crippen LogP contribution in [0, 0.1) is 5.41 Å². The Balaban J connectivity index is 1.49. The first kappa shape index (κ1) is 19.8. The molecule has 154 valence electrons. The summed E-state index contributed by atoms with van der Waals surface area (Å²) in [5.74, 6) is 0.537. The van der Waals surface area contributed by atoms with Gasteiger partial charge >= 0.3 is 0 Å². The fourth-order valence-electron chi connectivity index (χ4n) is 3.69. The quantitative estimate of drug-likeness (QED) is 0.447. The number of carbonyl (C=O) groups is 1. The van der Waals surface area contributed by atoms with Gasteiger partial charge in [-0.1, -0.05) is 18.2 Å². The van der Waals surface area contributed by atoms with Crippen LogP contribution in [0.2, 0.25) is 0 Å². The van der Waals surface area contributed by atoms with Crippen molar-refractivity contribution >= 4 is 23.5 Å². The first-order valence-corrected chi connectivity index (χ1v) is 10.0. The van der Waals surface area contributed by atoms with Crippen molar-refractivity contribution in [3.8, 4) is 0 Å². The summed E-state index contributed by atoms with van der Waals surface area (Å²) in [6.07, 6.45) is 10.7. The molecule has 1 amide bonds. The summed E-state index contributed by atoms with van der Waals surface area (Å²) >= 11 is 0. The van der Waals surface area contributed by atoms with Crippen LogP contribution in [0.3, 0.4) is 0 Å². The lowest BCUT2D eigenvalue weighted by Crippen LogP contribution is -2.47. The van der Waals surface area contributed by atoms with Crippen LogP contribution in [0.4, 0.5) is 0 Å². The molecule has 0 unspecified atom stereocenters. The van der Waals surface area contributed by atoms with Crippen LogP contribution in [0.15, 0.2) is 70.3 Å². The van der Waals surface area contributed by atoms with Crippen LogP contribution in [-0.4, -0.2) is 54.0 Å². The number of allylic oxidation sites excluding steroid dienone is 4. The molecule has 3 aliphatic rings. The summed E-state index contributed by atoms with van der Waals surface area (Å²) in [5.41, 5.74) is 9.75. The summed E-state index contributed by atoms with van der Waals surface area (Å²) in [6, 6.07) is 5.45. The van der Waals surface area contributed by atoms with E-state index in [4.69, 9.17) is 11.1 Å². The average molecular weight is 403 g/mol. The highest BCUT2D eigenvalue weighted by atomic mass is 16.2. The Morgan fingerprint density at radius 2 is 2.00 bits per heavy atom. The van der Waals surface area contributed by atoms with E-state index in [2.05, 4.69) is 20.6 Å². The van der Waals surface area contributed by atoms with Crippen molar-refractivity contribution in [2.24, 2.45) is 10.7 Å². The molecule has 8 heteroatoms. The third-order valence-electron chi connectivity index (χ3n) is 5.32. The Kier molecular flexibility index (Phi) is 5.85. The minimum absolute atomic E-state index is 0.0962. The molecule has 30 heavy (non-hydrogen) atoms. The van der Waals surface area contributed by atoms with Crippen molar-refractivity contribution < 1.29 is 4.79 Å². The highest BCUT2D eigenvalue weighted by Crippen LogP contribution is 2.26. The highest BCUT2D eigenvalue weighted by Gasteiger charge is 2.22. The largest absolute Gasteiger partial charge is 0.384 e. The summed E-state index contributed by atoms with van der Waals surface area (Å²) in [7, 11) is 0. The minimum atomic E-state index is -0.0962. The molecule has 1 aromatic heterocycles. The molecule has 5 N–H and O–H groups in total. The van der Waals surface area contributed by atoms with E-state index in [1.54, 1.807) is 18.5 Å². The normalized spacial score (nSPS) is 20.5. The van der Waals surface area contributed by atoms with Crippen LogP contribution in [0.5, 0.6) is 0 Å². The van der Waals surface area contributed by atoms with Gasteiger partial charge in [0.2, 0.25) is 5.91 Å².